The standard InChI is InChI=1S/C11H15N3O2/c1-6(2)11-13-8(3-10(15)16)7-4-12-5-9(7)14-11/h6,12H,3-5H2,1-2H3,(H,15,16). The molecule has 2 heterocycles. The highest BCUT2D eigenvalue weighted by molar-refractivity contribution is 5.70. The van der Waals surface area contributed by atoms with Crippen LogP contribution in [0.2, 0.25) is 0 Å². The van der Waals surface area contributed by atoms with Crippen molar-refractivity contribution >= 4 is 5.97 Å². The zero-order valence-electron chi connectivity index (χ0n) is 9.45. The van der Waals surface area contributed by atoms with Crippen LogP contribution in [0.5, 0.6) is 0 Å². The van der Waals surface area contributed by atoms with Gasteiger partial charge in [-0.1, -0.05) is 13.8 Å². The fourth-order valence-corrected chi connectivity index (χ4v) is 1.81. The summed E-state index contributed by atoms with van der Waals surface area (Å²) in [4.78, 5) is 19.6. The molecule has 0 saturated heterocycles. The van der Waals surface area contributed by atoms with Crippen LogP contribution in [0, 0.1) is 0 Å². The van der Waals surface area contributed by atoms with Gasteiger partial charge in [0, 0.05) is 24.6 Å². The Bertz CT molecular complexity index is 429. The summed E-state index contributed by atoms with van der Waals surface area (Å²) in [6.45, 7) is 5.41. The Kier molecular flexibility index (Phi) is 2.87. The third kappa shape index (κ3) is 2.04. The number of aromatic nitrogens is 2. The highest BCUT2D eigenvalue weighted by atomic mass is 16.4. The van der Waals surface area contributed by atoms with E-state index in [1.807, 2.05) is 13.8 Å². The molecular formula is C11H15N3O2. The molecule has 0 saturated carbocycles. The van der Waals surface area contributed by atoms with Crippen molar-refractivity contribution in [1.82, 2.24) is 15.3 Å². The second kappa shape index (κ2) is 4.17. The van der Waals surface area contributed by atoms with Gasteiger partial charge in [-0.15, -0.1) is 0 Å². The van der Waals surface area contributed by atoms with E-state index < -0.39 is 5.97 Å². The zero-order valence-corrected chi connectivity index (χ0v) is 9.45. The molecule has 0 fully saturated rings. The summed E-state index contributed by atoms with van der Waals surface area (Å²) in [5.74, 6) is 0.111. The predicted molar refractivity (Wildman–Crippen MR) is 58.0 cm³/mol. The summed E-state index contributed by atoms with van der Waals surface area (Å²) in [7, 11) is 0. The summed E-state index contributed by atoms with van der Waals surface area (Å²) in [5, 5.41) is 12.0. The Hall–Kier alpha value is -1.49. The molecule has 0 unspecified atom stereocenters. The second-order valence-corrected chi connectivity index (χ2v) is 4.28. The van der Waals surface area contributed by atoms with E-state index in [0.717, 1.165) is 17.1 Å². The SMILES string of the molecule is CC(C)c1nc2c(c(CC(=O)O)n1)CNC2. The number of carbonyl (C=O) groups is 1. The maximum atomic E-state index is 10.8. The van der Waals surface area contributed by atoms with E-state index in [4.69, 9.17) is 5.11 Å². The molecule has 2 rings (SSSR count). The summed E-state index contributed by atoms with van der Waals surface area (Å²) in [6.07, 6.45) is -0.0216. The average Bonchev–Trinajstić information content (AvgIpc) is 2.64. The van der Waals surface area contributed by atoms with E-state index in [1.165, 1.54) is 0 Å². The van der Waals surface area contributed by atoms with Crippen LogP contribution in [-0.4, -0.2) is 21.0 Å². The van der Waals surface area contributed by atoms with Gasteiger partial charge >= 0.3 is 5.97 Å². The number of hydrogen-bond acceptors (Lipinski definition) is 4. The highest BCUT2D eigenvalue weighted by Gasteiger charge is 2.20. The number of nitrogens with zero attached hydrogens (tertiary/aromatic N) is 2. The molecule has 0 radical (unpaired) electrons. The van der Waals surface area contributed by atoms with Gasteiger partial charge in [-0.25, -0.2) is 9.97 Å². The van der Waals surface area contributed by atoms with E-state index in [0.29, 0.717) is 18.8 Å². The van der Waals surface area contributed by atoms with Crippen molar-refractivity contribution in [3.05, 3.63) is 22.8 Å². The van der Waals surface area contributed by atoms with Crippen molar-refractivity contribution in [2.24, 2.45) is 0 Å². The van der Waals surface area contributed by atoms with E-state index >= 15 is 0 Å². The molecule has 1 aliphatic heterocycles. The van der Waals surface area contributed by atoms with Gasteiger partial charge in [0.15, 0.2) is 0 Å². The van der Waals surface area contributed by atoms with Crippen LogP contribution in [0.3, 0.4) is 0 Å². The molecule has 0 aliphatic carbocycles. The van der Waals surface area contributed by atoms with Gasteiger partial charge in [-0.3, -0.25) is 4.79 Å². The molecule has 86 valence electrons. The lowest BCUT2D eigenvalue weighted by molar-refractivity contribution is -0.136. The molecular weight excluding hydrogens is 206 g/mol. The molecule has 1 aromatic heterocycles. The number of carboxylic acids is 1. The topological polar surface area (TPSA) is 75.1 Å². The van der Waals surface area contributed by atoms with Crippen LogP contribution in [0.4, 0.5) is 0 Å². The van der Waals surface area contributed by atoms with Crippen LogP contribution >= 0.6 is 0 Å². The van der Waals surface area contributed by atoms with Gasteiger partial charge in [0.2, 0.25) is 0 Å². The Labute approximate surface area is 93.9 Å². The first-order chi connectivity index (χ1) is 7.58. The van der Waals surface area contributed by atoms with Crippen LogP contribution in [-0.2, 0) is 24.3 Å². The number of aliphatic carboxylic acids is 1. The summed E-state index contributed by atoms with van der Waals surface area (Å²) in [5.41, 5.74) is 2.58. The number of fused-ring (bicyclic) bond motifs is 1. The lowest BCUT2D eigenvalue weighted by atomic mass is 10.1. The van der Waals surface area contributed by atoms with Gasteiger partial charge in [-0.2, -0.15) is 0 Å². The Morgan fingerprint density at radius 3 is 2.81 bits per heavy atom. The molecule has 5 heteroatoms. The fraction of sp³-hybridized carbons (Fsp3) is 0.545. The van der Waals surface area contributed by atoms with Crippen molar-refractivity contribution in [3.8, 4) is 0 Å². The zero-order chi connectivity index (χ0) is 11.7. The van der Waals surface area contributed by atoms with Gasteiger partial charge in [-0.05, 0) is 0 Å². The van der Waals surface area contributed by atoms with E-state index in [2.05, 4.69) is 15.3 Å². The van der Waals surface area contributed by atoms with Crippen molar-refractivity contribution in [3.63, 3.8) is 0 Å². The molecule has 0 spiro atoms. The van der Waals surface area contributed by atoms with Gasteiger partial charge < -0.3 is 10.4 Å². The third-order valence-electron chi connectivity index (χ3n) is 2.63. The second-order valence-electron chi connectivity index (χ2n) is 4.28. The lowest BCUT2D eigenvalue weighted by Gasteiger charge is -2.09. The van der Waals surface area contributed by atoms with Crippen molar-refractivity contribution in [2.75, 3.05) is 0 Å². The smallest absolute Gasteiger partial charge is 0.309 e. The first kappa shape index (κ1) is 11.0. The molecule has 0 atom stereocenters. The van der Waals surface area contributed by atoms with Crippen LogP contribution in [0.15, 0.2) is 0 Å². The minimum absolute atomic E-state index is 0.0216. The summed E-state index contributed by atoms with van der Waals surface area (Å²) in [6, 6.07) is 0. The number of hydrogen-bond donors (Lipinski definition) is 2. The minimum Gasteiger partial charge on any atom is -0.481 e. The van der Waals surface area contributed by atoms with Gasteiger partial charge in [0.1, 0.15) is 5.82 Å². The summed E-state index contributed by atoms with van der Waals surface area (Å²) >= 11 is 0. The molecule has 5 nitrogen and oxygen atoms in total. The molecule has 2 N–H and O–H groups in total. The van der Waals surface area contributed by atoms with E-state index in [1.54, 1.807) is 0 Å². The maximum Gasteiger partial charge on any atom is 0.309 e. The van der Waals surface area contributed by atoms with Crippen molar-refractivity contribution < 1.29 is 9.90 Å². The monoisotopic (exact) mass is 221 g/mol. The molecule has 0 aromatic carbocycles. The van der Waals surface area contributed by atoms with Crippen LogP contribution < -0.4 is 5.32 Å². The Morgan fingerprint density at radius 1 is 1.44 bits per heavy atom. The fourth-order valence-electron chi connectivity index (χ4n) is 1.81. The quantitative estimate of drug-likeness (QED) is 0.790. The lowest BCUT2D eigenvalue weighted by Crippen LogP contribution is -2.11. The first-order valence-corrected chi connectivity index (χ1v) is 5.39. The Morgan fingerprint density at radius 2 is 2.19 bits per heavy atom. The summed E-state index contributed by atoms with van der Waals surface area (Å²) < 4.78 is 0. The van der Waals surface area contributed by atoms with Gasteiger partial charge in [0.25, 0.3) is 0 Å². The number of carboxylic acid groups (broad SMARTS) is 1. The van der Waals surface area contributed by atoms with Gasteiger partial charge in [0.05, 0.1) is 17.8 Å². The van der Waals surface area contributed by atoms with E-state index in [9.17, 15) is 4.79 Å². The molecule has 1 aliphatic rings. The Balaban J connectivity index is 2.45. The van der Waals surface area contributed by atoms with Crippen LogP contribution in [0.1, 0.15) is 42.5 Å². The van der Waals surface area contributed by atoms with Crippen molar-refractivity contribution in [1.29, 1.82) is 0 Å². The van der Waals surface area contributed by atoms with Crippen LogP contribution in [0.25, 0.3) is 0 Å². The predicted octanol–water partition coefficient (Wildman–Crippen LogP) is 0.830. The normalized spacial score (nSPS) is 14.2. The minimum atomic E-state index is -0.845. The van der Waals surface area contributed by atoms with E-state index in [-0.39, 0.29) is 12.3 Å². The maximum absolute atomic E-state index is 10.8. The molecule has 1 aromatic rings. The number of nitrogens with one attached hydrogen (secondary N) is 1. The average molecular weight is 221 g/mol. The largest absolute Gasteiger partial charge is 0.481 e. The molecule has 0 amide bonds. The van der Waals surface area contributed by atoms with Crippen molar-refractivity contribution in [2.45, 2.75) is 39.3 Å². The number of rotatable bonds is 3. The highest BCUT2D eigenvalue weighted by Crippen LogP contribution is 2.20. The third-order valence-corrected chi connectivity index (χ3v) is 2.63. The molecule has 16 heavy (non-hydrogen) atoms. The molecule has 0 bridgehead atoms. The first-order valence-electron chi connectivity index (χ1n) is 5.39.